The molecule has 0 aliphatic heterocycles. The van der Waals surface area contributed by atoms with Gasteiger partial charge in [-0.3, -0.25) is 9.63 Å². The average Bonchev–Trinajstić information content (AvgIpc) is 2.36. The molecular formula is C13H14N2O2. The smallest absolute Gasteiger partial charge is 0.248 e. The zero-order valence-electron chi connectivity index (χ0n) is 9.35. The second-order valence-electron chi connectivity index (χ2n) is 3.73. The molecule has 1 amide bonds. The third kappa shape index (κ3) is 2.81. The second-order valence-corrected chi connectivity index (χ2v) is 3.73. The summed E-state index contributed by atoms with van der Waals surface area (Å²) in [7, 11) is 0. The number of amides is 1. The lowest BCUT2D eigenvalue weighted by Gasteiger charge is -2.07. The Morgan fingerprint density at radius 1 is 1.18 bits per heavy atom. The van der Waals surface area contributed by atoms with E-state index in [1.165, 1.54) is 0 Å². The first-order chi connectivity index (χ1) is 8.31. The molecule has 17 heavy (non-hydrogen) atoms. The number of carbonyl (C=O) groups is 1. The Labute approximate surface area is 99.3 Å². The van der Waals surface area contributed by atoms with Crippen LogP contribution in [0.3, 0.4) is 0 Å². The van der Waals surface area contributed by atoms with E-state index >= 15 is 0 Å². The largest absolute Gasteiger partial charge is 0.350 e. The molecule has 88 valence electrons. The van der Waals surface area contributed by atoms with Gasteiger partial charge in [-0.1, -0.05) is 42.5 Å². The molecular weight excluding hydrogens is 216 g/mol. The fourth-order valence-corrected chi connectivity index (χ4v) is 1.77. The van der Waals surface area contributed by atoms with Gasteiger partial charge in [0.1, 0.15) is 6.61 Å². The minimum atomic E-state index is -0.222. The highest BCUT2D eigenvalue weighted by Gasteiger charge is 2.03. The average molecular weight is 230 g/mol. The molecule has 2 aromatic rings. The standard InChI is InChI=1S/C13H14N2O2/c14-17-9-13(16)15-8-11-6-3-5-10-4-1-2-7-12(10)11/h1-7H,8-9,14H2,(H,15,16). The molecule has 0 saturated carbocycles. The number of hydrogen-bond donors (Lipinski definition) is 2. The molecule has 0 spiro atoms. The highest BCUT2D eigenvalue weighted by molar-refractivity contribution is 5.86. The molecule has 0 bridgehead atoms. The van der Waals surface area contributed by atoms with Crippen molar-refractivity contribution in [3.8, 4) is 0 Å². The van der Waals surface area contributed by atoms with Gasteiger partial charge in [-0.25, -0.2) is 5.90 Å². The van der Waals surface area contributed by atoms with Gasteiger partial charge >= 0.3 is 0 Å². The maximum atomic E-state index is 11.2. The Hall–Kier alpha value is -1.91. The number of fused-ring (bicyclic) bond motifs is 1. The molecule has 0 radical (unpaired) electrons. The van der Waals surface area contributed by atoms with Gasteiger partial charge in [0.05, 0.1) is 0 Å². The van der Waals surface area contributed by atoms with E-state index in [0.29, 0.717) is 6.54 Å². The number of carbonyl (C=O) groups excluding carboxylic acids is 1. The summed E-state index contributed by atoms with van der Waals surface area (Å²) < 4.78 is 0. The molecule has 0 atom stereocenters. The molecule has 0 unspecified atom stereocenters. The second kappa shape index (κ2) is 5.43. The van der Waals surface area contributed by atoms with Crippen molar-refractivity contribution in [2.75, 3.05) is 6.61 Å². The van der Waals surface area contributed by atoms with E-state index in [0.717, 1.165) is 16.3 Å². The summed E-state index contributed by atoms with van der Waals surface area (Å²) in [6.07, 6.45) is 0. The van der Waals surface area contributed by atoms with E-state index < -0.39 is 0 Å². The fraction of sp³-hybridized carbons (Fsp3) is 0.154. The Bertz CT molecular complexity index is 520. The maximum Gasteiger partial charge on any atom is 0.248 e. The lowest BCUT2D eigenvalue weighted by atomic mass is 10.0. The summed E-state index contributed by atoms with van der Waals surface area (Å²) >= 11 is 0. The molecule has 4 nitrogen and oxygen atoms in total. The molecule has 2 rings (SSSR count). The van der Waals surface area contributed by atoms with Crippen molar-refractivity contribution < 1.29 is 9.63 Å². The monoisotopic (exact) mass is 230 g/mol. The lowest BCUT2D eigenvalue weighted by molar-refractivity contribution is -0.125. The van der Waals surface area contributed by atoms with E-state index in [4.69, 9.17) is 5.90 Å². The van der Waals surface area contributed by atoms with Crippen molar-refractivity contribution in [1.29, 1.82) is 0 Å². The maximum absolute atomic E-state index is 11.2. The van der Waals surface area contributed by atoms with Crippen LogP contribution in [-0.4, -0.2) is 12.5 Å². The van der Waals surface area contributed by atoms with Crippen molar-refractivity contribution in [3.05, 3.63) is 48.0 Å². The molecule has 0 aliphatic carbocycles. The summed E-state index contributed by atoms with van der Waals surface area (Å²) in [5, 5.41) is 5.05. The summed E-state index contributed by atoms with van der Waals surface area (Å²) in [6, 6.07) is 14.1. The van der Waals surface area contributed by atoms with Crippen LogP contribution in [0.15, 0.2) is 42.5 Å². The van der Waals surface area contributed by atoms with Crippen LogP contribution in [0.4, 0.5) is 0 Å². The van der Waals surface area contributed by atoms with Gasteiger partial charge in [0, 0.05) is 6.54 Å². The van der Waals surface area contributed by atoms with Gasteiger partial charge < -0.3 is 5.32 Å². The minimum absolute atomic E-state index is 0.120. The van der Waals surface area contributed by atoms with Gasteiger partial charge in [0.25, 0.3) is 0 Å². The zero-order chi connectivity index (χ0) is 12.1. The van der Waals surface area contributed by atoms with E-state index in [2.05, 4.69) is 10.2 Å². The molecule has 4 heteroatoms. The van der Waals surface area contributed by atoms with Crippen molar-refractivity contribution in [1.82, 2.24) is 5.32 Å². The van der Waals surface area contributed by atoms with Gasteiger partial charge in [0.15, 0.2) is 0 Å². The highest BCUT2D eigenvalue weighted by atomic mass is 16.6. The minimum Gasteiger partial charge on any atom is -0.350 e. The lowest BCUT2D eigenvalue weighted by Crippen LogP contribution is -2.28. The summed E-state index contributed by atoms with van der Waals surface area (Å²) in [5.74, 6) is 4.61. The van der Waals surface area contributed by atoms with E-state index in [9.17, 15) is 4.79 Å². The summed E-state index contributed by atoms with van der Waals surface area (Å²) in [4.78, 5) is 15.5. The third-order valence-electron chi connectivity index (χ3n) is 2.57. The van der Waals surface area contributed by atoms with Crippen LogP contribution >= 0.6 is 0 Å². The van der Waals surface area contributed by atoms with Crippen LogP contribution < -0.4 is 11.2 Å². The van der Waals surface area contributed by atoms with Crippen LogP contribution in [0.1, 0.15) is 5.56 Å². The Morgan fingerprint density at radius 3 is 2.76 bits per heavy atom. The highest BCUT2D eigenvalue weighted by Crippen LogP contribution is 2.17. The van der Waals surface area contributed by atoms with Gasteiger partial charge in [0.2, 0.25) is 5.91 Å². The normalized spacial score (nSPS) is 10.4. The Balaban J connectivity index is 2.16. The first-order valence-electron chi connectivity index (χ1n) is 5.36. The zero-order valence-corrected chi connectivity index (χ0v) is 9.35. The quantitative estimate of drug-likeness (QED) is 0.779. The topological polar surface area (TPSA) is 64.3 Å². The molecule has 0 heterocycles. The van der Waals surface area contributed by atoms with Crippen LogP contribution in [0.25, 0.3) is 10.8 Å². The first-order valence-corrected chi connectivity index (χ1v) is 5.36. The van der Waals surface area contributed by atoms with Crippen molar-refractivity contribution in [2.45, 2.75) is 6.54 Å². The van der Waals surface area contributed by atoms with Gasteiger partial charge in [-0.15, -0.1) is 0 Å². The van der Waals surface area contributed by atoms with Crippen molar-refractivity contribution >= 4 is 16.7 Å². The van der Waals surface area contributed by atoms with Crippen molar-refractivity contribution in [2.24, 2.45) is 5.90 Å². The molecule has 0 aliphatic rings. The van der Waals surface area contributed by atoms with E-state index in [-0.39, 0.29) is 12.5 Å². The Morgan fingerprint density at radius 2 is 1.94 bits per heavy atom. The van der Waals surface area contributed by atoms with Crippen LogP contribution in [0.5, 0.6) is 0 Å². The number of rotatable bonds is 4. The fourth-order valence-electron chi connectivity index (χ4n) is 1.77. The van der Waals surface area contributed by atoms with E-state index in [1.54, 1.807) is 0 Å². The molecule has 0 aromatic heterocycles. The number of nitrogens with one attached hydrogen (secondary N) is 1. The van der Waals surface area contributed by atoms with Gasteiger partial charge in [-0.05, 0) is 16.3 Å². The molecule has 0 saturated heterocycles. The van der Waals surface area contributed by atoms with E-state index in [1.807, 2.05) is 42.5 Å². The van der Waals surface area contributed by atoms with Crippen molar-refractivity contribution in [3.63, 3.8) is 0 Å². The number of nitrogens with two attached hydrogens (primary N) is 1. The third-order valence-corrected chi connectivity index (χ3v) is 2.57. The summed E-state index contributed by atoms with van der Waals surface area (Å²) in [5.41, 5.74) is 1.08. The first kappa shape index (κ1) is 11.6. The van der Waals surface area contributed by atoms with Crippen LogP contribution in [0, 0.1) is 0 Å². The van der Waals surface area contributed by atoms with Gasteiger partial charge in [-0.2, -0.15) is 0 Å². The molecule has 3 N–H and O–H groups in total. The molecule has 0 fully saturated rings. The summed E-state index contributed by atoms with van der Waals surface area (Å²) in [6.45, 7) is 0.355. The number of benzene rings is 2. The predicted molar refractivity (Wildman–Crippen MR) is 65.9 cm³/mol. The SMILES string of the molecule is NOCC(=O)NCc1cccc2ccccc12. The number of hydrogen-bond acceptors (Lipinski definition) is 3. The molecule has 2 aromatic carbocycles. The van der Waals surface area contributed by atoms with Crippen LogP contribution in [-0.2, 0) is 16.2 Å². The van der Waals surface area contributed by atoms with Crippen LogP contribution in [0.2, 0.25) is 0 Å². The Kier molecular flexibility index (Phi) is 3.69. The predicted octanol–water partition coefficient (Wildman–Crippen LogP) is 1.35.